The molecule has 108 valence electrons. The second-order valence-corrected chi connectivity index (χ2v) is 5.51. The Morgan fingerprint density at radius 2 is 2.05 bits per heavy atom. The summed E-state index contributed by atoms with van der Waals surface area (Å²) in [6, 6.07) is 9.46. The molecule has 0 spiro atoms. The van der Waals surface area contributed by atoms with E-state index in [1.165, 1.54) is 11.3 Å². The number of benzene rings is 1. The first-order valence-electron chi connectivity index (χ1n) is 6.46. The van der Waals surface area contributed by atoms with Crippen molar-refractivity contribution in [2.45, 2.75) is 0 Å². The average molecular weight is 299 g/mol. The fourth-order valence-electron chi connectivity index (χ4n) is 1.71. The van der Waals surface area contributed by atoms with Gasteiger partial charge in [0.05, 0.1) is 17.0 Å². The third-order valence-electron chi connectivity index (χ3n) is 2.82. The lowest BCUT2D eigenvalue weighted by molar-refractivity contribution is 0.102. The summed E-state index contributed by atoms with van der Waals surface area (Å²) >= 11 is 1.44. The minimum absolute atomic E-state index is 0.135. The monoisotopic (exact) mass is 299 g/mol. The molecule has 2 rings (SSSR count). The van der Waals surface area contributed by atoms with Gasteiger partial charge < -0.3 is 16.0 Å². The van der Waals surface area contributed by atoms with E-state index in [9.17, 15) is 4.79 Å². The molecule has 0 aliphatic carbocycles. The zero-order chi connectivity index (χ0) is 15.2. The fourth-order valence-corrected chi connectivity index (χ4v) is 2.46. The topological polar surface area (TPSA) is 58.4 Å². The smallest absolute Gasteiger partial charge is 0.256 e. The lowest BCUT2D eigenvalue weighted by Crippen LogP contribution is -2.11. The van der Waals surface area contributed by atoms with Gasteiger partial charge in [0.1, 0.15) is 0 Å². The molecular formula is C16H17N3OS. The molecule has 0 radical (unpaired) electrons. The summed E-state index contributed by atoms with van der Waals surface area (Å²) in [4.78, 5) is 15.0. The van der Waals surface area contributed by atoms with E-state index in [0.29, 0.717) is 12.1 Å². The summed E-state index contributed by atoms with van der Waals surface area (Å²) in [5, 5.41) is 4.67. The zero-order valence-electron chi connectivity index (χ0n) is 12.0. The van der Waals surface area contributed by atoms with E-state index in [2.05, 4.69) is 17.2 Å². The van der Waals surface area contributed by atoms with Crippen molar-refractivity contribution >= 4 is 28.6 Å². The molecule has 0 unspecified atom stereocenters. The van der Waals surface area contributed by atoms with Crippen LogP contribution in [0.3, 0.4) is 0 Å². The highest BCUT2D eigenvalue weighted by Gasteiger charge is 2.08. The van der Waals surface area contributed by atoms with Crippen LogP contribution in [0.1, 0.15) is 15.2 Å². The van der Waals surface area contributed by atoms with E-state index in [4.69, 9.17) is 5.73 Å². The van der Waals surface area contributed by atoms with Gasteiger partial charge >= 0.3 is 0 Å². The highest BCUT2D eigenvalue weighted by Crippen LogP contribution is 2.18. The molecule has 0 aliphatic heterocycles. The van der Waals surface area contributed by atoms with Gasteiger partial charge in [-0.15, -0.1) is 11.3 Å². The van der Waals surface area contributed by atoms with Gasteiger partial charge in [-0.2, -0.15) is 0 Å². The number of carbonyl (C=O) groups excluding carboxylic acids is 1. The van der Waals surface area contributed by atoms with Crippen LogP contribution in [-0.2, 0) is 0 Å². The van der Waals surface area contributed by atoms with E-state index < -0.39 is 0 Å². The van der Waals surface area contributed by atoms with E-state index in [0.717, 1.165) is 16.3 Å². The third-order valence-corrected chi connectivity index (χ3v) is 3.66. The predicted octanol–water partition coefficient (Wildman–Crippen LogP) is 2.38. The van der Waals surface area contributed by atoms with Crippen molar-refractivity contribution in [1.82, 2.24) is 0 Å². The number of anilines is 2. The summed E-state index contributed by atoms with van der Waals surface area (Å²) in [5.41, 5.74) is 7.79. The minimum atomic E-state index is -0.135. The second-order valence-electron chi connectivity index (χ2n) is 4.60. The molecule has 3 N–H and O–H groups in total. The van der Waals surface area contributed by atoms with Crippen LogP contribution >= 0.6 is 11.3 Å². The molecule has 0 saturated heterocycles. The largest absolute Gasteiger partial charge is 0.378 e. The van der Waals surface area contributed by atoms with Crippen LogP contribution in [0.25, 0.3) is 0 Å². The second kappa shape index (κ2) is 6.93. The molecule has 0 fully saturated rings. The van der Waals surface area contributed by atoms with Gasteiger partial charge in [0.15, 0.2) is 0 Å². The van der Waals surface area contributed by atoms with Gasteiger partial charge in [0.2, 0.25) is 0 Å². The standard InChI is InChI=1S/C16H17N3OS/c1-19(2)14-7-5-13(6-8-14)18-16(20)12-10-15(21-11-12)4-3-9-17/h5-8,10-11H,9,17H2,1-2H3,(H,18,20). The number of carbonyl (C=O) groups is 1. The minimum Gasteiger partial charge on any atom is -0.378 e. The Labute approximate surface area is 128 Å². The summed E-state index contributed by atoms with van der Waals surface area (Å²) in [5.74, 6) is 5.56. The van der Waals surface area contributed by atoms with Gasteiger partial charge in [-0.05, 0) is 30.3 Å². The normalized spacial score (nSPS) is 9.67. The Morgan fingerprint density at radius 1 is 1.33 bits per heavy atom. The first kappa shape index (κ1) is 15.1. The Bertz CT molecular complexity index is 678. The summed E-state index contributed by atoms with van der Waals surface area (Å²) in [6.07, 6.45) is 0. The third kappa shape index (κ3) is 4.09. The first-order chi connectivity index (χ1) is 10.1. The number of hydrogen-bond donors (Lipinski definition) is 2. The number of amides is 1. The number of nitrogens with two attached hydrogens (primary N) is 1. The Kier molecular flexibility index (Phi) is 4.99. The van der Waals surface area contributed by atoms with Crippen LogP contribution in [0, 0.1) is 11.8 Å². The number of hydrogen-bond acceptors (Lipinski definition) is 4. The van der Waals surface area contributed by atoms with Crippen molar-refractivity contribution in [1.29, 1.82) is 0 Å². The van der Waals surface area contributed by atoms with E-state index in [1.54, 1.807) is 11.4 Å². The van der Waals surface area contributed by atoms with Gasteiger partial charge in [-0.3, -0.25) is 4.79 Å². The Balaban J connectivity index is 2.05. The van der Waals surface area contributed by atoms with E-state index >= 15 is 0 Å². The number of thiophene rings is 1. The van der Waals surface area contributed by atoms with Gasteiger partial charge in [-0.1, -0.05) is 11.8 Å². The Morgan fingerprint density at radius 3 is 2.67 bits per heavy atom. The molecule has 4 nitrogen and oxygen atoms in total. The highest BCUT2D eigenvalue weighted by atomic mass is 32.1. The molecule has 0 aliphatic rings. The molecule has 0 saturated carbocycles. The highest BCUT2D eigenvalue weighted by molar-refractivity contribution is 7.10. The maximum atomic E-state index is 12.1. The molecule has 1 aromatic heterocycles. The van der Waals surface area contributed by atoms with Crippen LogP contribution in [0.2, 0.25) is 0 Å². The number of nitrogens with zero attached hydrogens (tertiary/aromatic N) is 1. The number of rotatable bonds is 3. The molecule has 1 aromatic carbocycles. The van der Waals surface area contributed by atoms with Crippen molar-refractivity contribution in [3.05, 3.63) is 46.2 Å². The molecule has 0 bridgehead atoms. The predicted molar refractivity (Wildman–Crippen MR) is 89.0 cm³/mol. The maximum absolute atomic E-state index is 12.1. The molecular weight excluding hydrogens is 282 g/mol. The first-order valence-corrected chi connectivity index (χ1v) is 7.34. The lowest BCUT2D eigenvalue weighted by Gasteiger charge is -2.12. The molecule has 21 heavy (non-hydrogen) atoms. The zero-order valence-corrected chi connectivity index (χ0v) is 12.8. The molecule has 2 aromatic rings. The van der Waals surface area contributed by atoms with E-state index in [1.807, 2.05) is 43.3 Å². The summed E-state index contributed by atoms with van der Waals surface area (Å²) in [6.45, 7) is 0.317. The van der Waals surface area contributed by atoms with Crippen molar-refractivity contribution in [3.63, 3.8) is 0 Å². The van der Waals surface area contributed by atoms with Gasteiger partial charge in [-0.25, -0.2) is 0 Å². The quantitative estimate of drug-likeness (QED) is 0.856. The van der Waals surface area contributed by atoms with Crippen LogP contribution in [0.15, 0.2) is 35.7 Å². The van der Waals surface area contributed by atoms with Gasteiger partial charge in [0, 0.05) is 30.9 Å². The van der Waals surface area contributed by atoms with Crippen molar-refractivity contribution in [3.8, 4) is 11.8 Å². The van der Waals surface area contributed by atoms with Crippen LogP contribution < -0.4 is 16.0 Å². The SMILES string of the molecule is CN(C)c1ccc(NC(=O)c2csc(C#CCN)c2)cc1. The average Bonchev–Trinajstić information content (AvgIpc) is 2.94. The Hall–Kier alpha value is -2.29. The van der Waals surface area contributed by atoms with Crippen molar-refractivity contribution in [2.24, 2.45) is 5.73 Å². The van der Waals surface area contributed by atoms with Gasteiger partial charge in [0.25, 0.3) is 5.91 Å². The fraction of sp³-hybridized carbons (Fsp3) is 0.188. The van der Waals surface area contributed by atoms with Crippen LogP contribution in [0.5, 0.6) is 0 Å². The lowest BCUT2D eigenvalue weighted by atomic mass is 10.2. The summed E-state index contributed by atoms with van der Waals surface area (Å²) in [7, 11) is 3.95. The molecule has 1 amide bonds. The number of nitrogens with one attached hydrogen (secondary N) is 1. The summed E-state index contributed by atoms with van der Waals surface area (Å²) < 4.78 is 0. The molecule has 0 atom stereocenters. The van der Waals surface area contributed by atoms with Crippen LogP contribution in [-0.4, -0.2) is 26.5 Å². The molecule has 5 heteroatoms. The van der Waals surface area contributed by atoms with Crippen molar-refractivity contribution < 1.29 is 4.79 Å². The van der Waals surface area contributed by atoms with E-state index in [-0.39, 0.29) is 5.91 Å². The molecule has 1 heterocycles. The van der Waals surface area contributed by atoms with Crippen LogP contribution in [0.4, 0.5) is 11.4 Å². The maximum Gasteiger partial charge on any atom is 0.256 e. The van der Waals surface area contributed by atoms with Crippen molar-refractivity contribution in [2.75, 3.05) is 30.9 Å².